The Hall–Kier alpha value is -2.33. The number of pyridine rings is 1. The number of hydrogen-bond donors (Lipinski definition) is 0. The van der Waals surface area contributed by atoms with Crippen molar-refractivity contribution < 1.29 is 0 Å². The molecule has 0 N–H and O–H groups in total. The van der Waals surface area contributed by atoms with Crippen LogP contribution in [0.1, 0.15) is 56.1 Å². The maximum absolute atomic E-state index is 4.93. The Kier molecular flexibility index (Phi) is 3.98. The summed E-state index contributed by atoms with van der Waals surface area (Å²) in [5.41, 5.74) is 4.89. The average molecular weight is 400 g/mol. The lowest BCUT2D eigenvalue weighted by Crippen LogP contribution is -2.29. The number of hydrogen-bond acceptors (Lipinski definition) is 3. The van der Waals surface area contributed by atoms with Gasteiger partial charge in [0.15, 0.2) is 10.8 Å². The molecule has 2 aliphatic carbocycles. The predicted octanol–water partition coefficient (Wildman–Crippen LogP) is 6.54. The van der Waals surface area contributed by atoms with Gasteiger partial charge in [-0.15, -0.1) is 0 Å². The number of rotatable bonds is 5. The number of aromatic nitrogens is 3. The number of fused-ring (bicyclic) bond motifs is 2. The lowest BCUT2D eigenvalue weighted by atomic mass is 9.86. The smallest absolute Gasteiger partial charge is 0.178 e. The average Bonchev–Trinajstić information content (AvgIpc) is 3.51. The number of benzene rings is 2. The zero-order valence-corrected chi connectivity index (χ0v) is 17.6. The topological polar surface area (TPSA) is 30.7 Å². The first-order valence-corrected chi connectivity index (χ1v) is 11.5. The zero-order chi connectivity index (χ0) is 19.4. The van der Waals surface area contributed by atoms with Crippen LogP contribution in [0, 0.1) is 0 Å². The Bertz CT molecular complexity index is 1220. The Morgan fingerprint density at radius 3 is 2.62 bits per heavy atom. The normalized spacial score (nSPS) is 18.2. The third-order valence-electron chi connectivity index (χ3n) is 6.63. The van der Waals surface area contributed by atoms with Crippen molar-refractivity contribution in [2.45, 2.75) is 61.4 Å². The van der Waals surface area contributed by atoms with Gasteiger partial charge in [-0.1, -0.05) is 54.6 Å². The summed E-state index contributed by atoms with van der Waals surface area (Å²) in [4.78, 5) is 9.47. The molecule has 0 aliphatic heterocycles. The fourth-order valence-corrected chi connectivity index (χ4v) is 5.95. The van der Waals surface area contributed by atoms with Gasteiger partial charge in [0.25, 0.3) is 0 Å². The van der Waals surface area contributed by atoms with Crippen molar-refractivity contribution >= 4 is 33.7 Å². The summed E-state index contributed by atoms with van der Waals surface area (Å²) in [6.45, 7) is 3.21. The highest BCUT2D eigenvalue weighted by Gasteiger charge is 2.35. The van der Waals surface area contributed by atoms with Gasteiger partial charge in [0, 0.05) is 10.9 Å². The molecular weight excluding hydrogens is 374 g/mol. The first kappa shape index (κ1) is 17.5. The van der Waals surface area contributed by atoms with Crippen LogP contribution in [0.25, 0.3) is 21.9 Å². The molecule has 4 aromatic rings. The van der Waals surface area contributed by atoms with Gasteiger partial charge in [0.05, 0.1) is 12.1 Å². The summed E-state index contributed by atoms with van der Waals surface area (Å²) in [6.07, 6.45) is 8.38. The van der Waals surface area contributed by atoms with Crippen LogP contribution in [0.5, 0.6) is 0 Å². The first-order valence-electron chi connectivity index (χ1n) is 10.7. The second-order valence-electron chi connectivity index (χ2n) is 8.87. The van der Waals surface area contributed by atoms with Crippen molar-refractivity contribution in [3.63, 3.8) is 0 Å². The van der Waals surface area contributed by atoms with E-state index >= 15 is 0 Å². The lowest BCUT2D eigenvalue weighted by molar-refractivity contribution is 0.390. The molecule has 6 rings (SSSR count). The minimum Gasteiger partial charge on any atom is -0.313 e. The molecule has 2 aromatic carbocycles. The highest BCUT2D eigenvalue weighted by atomic mass is 32.2. The van der Waals surface area contributed by atoms with Crippen LogP contribution in [0.2, 0.25) is 0 Å². The number of nitrogens with zero attached hydrogens (tertiary/aromatic N) is 3. The molecule has 4 heteroatoms. The van der Waals surface area contributed by atoms with E-state index in [2.05, 4.69) is 58.9 Å². The number of thioether (sulfide) groups is 1. The van der Waals surface area contributed by atoms with E-state index in [-0.39, 0.29) is 0 Å². The standard InChI is InChI=1S/C25H25N3S/c1-25(13-5-14-25)29-24-27-23-22(8-4-15-26-23)28(24)16-18-11-12-20(17-9-10-17)21-7-3-2-6-19(18)21/h2-4,6-8,11-12,15,17H,5,9-10,13-14,16H2,1H3. The van der Waals surface area contributed by atoms with Gasteiger partial charge in [-0.25, -0.2) is 9.97 Å². The molecule has 2 heterocycles. The van der Waals surface area contributed by atoms with Crippen molar-refractivity contribution in [1.82, 2.24) is 14.5 Å². The van der Waals surface area contributed by atoms with E-state index in [4.69, 9.17) is 4.98 Å². The van der Waals surface area contributed by atoms with Crippen molar-refractivity contribution in [3.05, 3.63) is 65.9 Å². The Labute approximate surface area is 175 Å². The maximum atomic E-state index is 4.93. The van der Waals surface area contributed by atoms with Crippen LogP contribution >= 0.6 is 11.8 Å². The van der Waals surface area contributed by atoms with Crippen molar-refractivity contribution in [3.8, 4) is 0 Å². The SMILES string of the molecule is CC1(Sc2nc3ncccc3n2Cc2ccc(C3CC3)c3ccccc23)CCC1. The molecule has 0 radical (unpaired) electrons. The lowest BCUT2D eigenvalue weighted by Gasteiger charge is -2.37. The summed E-state index contributed by atoms with van der Waals surface area (Å²) < 4.78 is 2.70. The maximum Gasteiger partial charge on any atom is 0.178 e. The van der Waals surface area contributed by atoms with Crippen LogP contribution < -0.4 is 0 Å². The van der Waals surface area contributed by atoms with Crippen LogP contribution in [0.15, 0.2) is 59.9 Å². The van der Waals surface area contributed by atoms with E-state index in [1.807, 2.05) is 24.0 Å². The summed E-state index contributed by atoms with van der Waals surface area (Å²) in [5.74, 6) is 0.761. The van der Waals surface area contributed by atoms with E-state index in [9.17, 15) is 0 Å². The van der Waals surface area contributed by atoms with E-state index in [0.717, 1.165) is 28.8 Å². The zero-order valence-electron chi connectivity index (χ0n) is 16.8. The summed E-state index contributed by atoms with van der Waals surface area (Å²) in [6, 6.07) is 17.8. The van der Waals surface area contributed by atoms with Crippen LogP contribution in [0.3, 0.4) is 0 Å². The third kappa shape index (κ3) is 3.05. The van der Waals surface area contributed by atoms with Gasteiger partial charge in [-0.05, 0) is 72.6 Å². The predicted molar refractivity (Wildman–Crippen MR) is 121 cm³/mol. The Morgan fingerprint density at radius 1 is 1.03 bits per heavy atom. The van der Waals surface area contributed by atoms with Crippen LogP contribution in [-0.4, -0.2) is 19.3 Å². The minimum atomic E-state index is 0.316. The van der Waals surface area contributed by atoms with Crippen LogP contribution in [-0.2, 0) is 6.54 Å². The van der Waals surface area contributed by atoms with E-state index in [1.54, 1.807) is 0 Å². The molecule has 0 unspecified atom stereocenters. The van der Waals surface area contributed by atoms with Crippen molar-refractivity contribution in [2.24, 2.45) is 0 Å². The monoisotopic (exact) mass is 399 g/mol. The van der Waals surface area contributed by atoms with E-state index in [0.29, 0.717) is 4.75 Å². The quantitative estimate of drug-likeness (QED) is 0.381. The Morgan fingerprint density at radius 2 is 1.86 bits per heavy atom. The molecule has 0 spiro atoms. The van der Waals surface area contributed by atoms with Gasteiger partial charge in [-0.2, -0.15) is 0 Å². The highest BCUT2D eigenvalue weighted by molar-refractivity contribution is 8.00. The molecule has 0 atom stereocenters. The van der Waals surface area contributed by atoms with Gasteiger partial charge >= 0.3 is 0 Å². The second-order valence-corrected chi connectivity index (χ2v) is 10.4. The first-order chi connectivity index (χ1) is 14.2. The third-order valence-corrected chi connectivity index (χ3v) is 8.03. The molecule has 2 aromatic heterocycles. The molecular formula is C25H25N3S. The van der Waals surface area contributed by atoms with E-state index in [1.165, 1.54) is 54.0 Å². The minimum absolute atomic E-state index is 0.316. The van der Waals surface area contributed by atoms with Crippen molar-refractivity contribution in [1.29, 1.82) is 0 Å². The second kappa shape index (κ2) is 6.60. The van der Waals surface area contributed by atoms with E-state index < -0.39 is 0 Å². The molecule has 0 saturated heterocycles. The Balaban J connectivity index is 1.47. The molecule has 29 heavy (non-hydrogen) atoms. The van der Waals surface area contributed by atoms with Gasteiger partial charge in [0.1, 0.15) is 0 Å². The largest absolute Gasteiger partial charge is 0.313 e. The van der Waals surface area contributed by atoms with Crippen molar-refractivity contribution in [2.75, 3.05) is 0 Å². The summed E-state index contributed by atoms with van der Waals surface area (Å²) in [5, 5.41) is 3.92. The summed E-state index contributed by atoms with van der Waals surface area (Å²) in [7, 11) is 0. The fourth-order valence-electron chi connectivity index (χ4n) is 4.61. The molecule has 2 fully saturated rings. The molecule has 146 valence electrons. The van der Waals surface area contributed by atoms with Gasteiger partial charge in [0.2, 0.25) is 0 Å². The number of imidazole rings is 1. The van der Waals surface area contributed by atoms with Crippen LogP contribution in [0.4, 0.5) is 0 Å². The molecule has 2 aliphatic rings. The fraction of sp³-hybridized carbons (Fsp3) is 0.360. The molecule has 0 bridgehead atoms. The molecule has 0 amide bonds. The van der Waals surface area contributed by atoms with Gasteiger partial charge in [-0.3, -0.25) is 0 Å². The molecule has 3 nitrogen and oxygen atoms in total. The summed E-state index contributed by atoms with van der Waals surface area (Å²) >= 11 is 1.94. The van der Waals surface area contributed by atoms with Gasteiger partial charge < -0.3 is 4.57 Å². The molecule has 2 saturated carbocycles. The highest BCUT2D eigenvalue weighted by Crippen LogP contribution is 2.47.